The van der Waals surface area contributed by atoms with Crippen LogP contribution in [0, 0.1) is 12.3 Å². The molecule has 184 valence electrons. The zero-order valence-corrected chi connectivity index (χ0v) is 20.9. The first kappa shape index (κ1) is 25.7. The van der Waals surface area contributed by atoms with E-state index in [1.165, 1.54) is 13.4 Å². The van der Waals surface area contributed by atoms with Crippen molar-refractivity contribution in [3.63, 3.8) is 0 Å². The summed E-state index contributed by atoms with van der Waals surface area (Å²) in [5, 5.41) is 0.830. The van der Waals surface area contributed by atoms with Crippen LogP contribution in [0.2, 0.25) is 0 Å². The number of nitrogens with two attached hydrogens (primary N) is 1. The number of aryl methyl sites for hydroxylation is 1. The minimum absolute atomic E-state index is 0.0160. The number of aromatic nitrogens is 3. The first-order chi connectivity index (χ1) is 15.5. The number of nitrogen functional groups attached to an aromatic ring is 1. The summed E-state index contributed by atoms with van der Waals surface area (Å²) in [6, 6.07) is 0. The molecular formula is C21H33N4O7P. The number of anilines is 1. The van der Waals surface area contributed by atoms with Gasteiger partial charge >= 0.3 is 14.6 Å². The molecule has 2 N–H and O–H groups in total. The summed E-state index contributed by atoms with van der Waals surface area (Å²) >= 11 is 0. The zero-order chi connectivity index (χ0) is 24.2. The van der Waals surface area contributed by atoms with E-state index in [1.54, 1.807) is 20.8 Å². The molecule has 0 saturated carbocycles. The molecule has 3 rings (SSSR count). The molecular weight excluding hydrogens is 451 g/mol. The Morgan fingerprint density at radius 3 is 2.73 bits per heavy atom. The Hall–Kier alpha value is -1.88. The van der Waals surface area contributed by atoms with Crippen molar-refractivity contribution in [1.29, 1.82) is 0 Å². The van der Waals surface area contributed by atoms with Gasteiger partial charge in [-0.3, -0.25) is 13.8 Å². The normalized spacial score (nSPS) is 22.1. The van der Waals surface area contributed by atoms with E-state index in [4.69, 9.17) is 33.5 Å². The lowest BCUT2D eigenvalue weighted by Crippen LogP contribution is -2.31. The third kappa shape index (κ3) is 6.17. The van der Waals surface area contributed by atoms with Gasteiger partial charge in [-0.15, -0.1) is 0 Å². The Bertz CT molecular complexity index is 964. The lowest BCUT2D eigenvalue weighted by atomic mass is 9.98. The highest BCUT2D eigenvalue weighted by molar-refractivity contribution is 7.41. The molecule has 1 fully saturated rings. The molecule has 0 bridgehead atoms. The van der Waals surface area contributed by atoms with Crippen molar-refractivity contribution in [3.05, 3.63) is 18.1 Å². The first-order valence-electron chi connectivity index (χ1n) is 10.7. The van der Waals surface area contributed by atoms with Crippen LogP contribution in [0.5, 0.6) is 0 Å². The number of hydrogen-bond donors (Lipinski definition) is 1. The van der Waals surface area contributed by atoms with Gasteiger partial charge in [0, 0.05) is 13.3 Å². The number of carbonyl (C=O) groups excluding carboxylic acids is 1. The molecule has 0 amide bonds. The zero-order valence-electron chi connectivity index (χ0n) is 20.0. The first-order valence-corrected chi connectivity index (χ1v) is 11.8. The fraction of sp³-hybridized carbons (Fsp3) is 0.667. The van der Waals surface area contributed by atoms with Gasteiger partial charge in [0.1, 0.15) is 23.5 Å². The number of fused-ring (bicyclic) bond motifs is 1. The highest BCUT2D eigenvalue weighted by atomic mass is 31.2. The second-order valence-electron chi connectivity index (χ2n) is 9.08. The van der Waals surface area contributed by atoms with E-state index < -0.39 is 19.7 Å². The third-order valence-corrected chi connectivity index (χ3v) is 6.26. The number of carbonyl (C=O) groups is 1. The molecule has 0 aliphatic carbocycles. The molecule has 1 aliphatic heterocycles. The number of rotatable bonds is 10. The molecule has 33 heavy (non-hydrogen) atoms. The number of nitrogens with zero attached hydrogens (tertiary/aromatic N) is 3. The van der Waals surface area contributed by atoms with E-state index in [2.05, 4.69) is 9.97 Å². The van der Waals surface area contributed by atoms with Gasteiger partial charge in [0.25, 0.3) is 0 Å². The van der Waals surface area contributed by atoms with Gasteiger partial charge in [0.2, 0.25) is 6.79 Å². The van der Waals surface area contributed by atoms with Crippen LogP contribution in [0.25, 0.3) is 11.0 Å². The number of hydrogen-bond acceptors (Lipinski definition) is 10. The molecule has 1 saturated heterocycles. The largest absolute Gasteiger partial charge is 0.438 e. The van der Waals surface area contributed by atoms with Gasteiger partial charge in [-0.2, -0.15) is 0 Å². The van der Waals surface area contributed by atoms with Gasteiger partial charge in [0.05, 0.1) is 23.5 Å². The molecule has 0 spiro atoms. The van der Waals surface area contributed by atoms with Gasteiger partial charge in [-0.05, 0) is 53.0 Å². The Morgan fingerprint density at radius 1 is 1.30 bits per heavy atom. The predicted octanol–water partition coefficient (Wildman–Crippen LogP) is 3.60. The van der Waals surface area contributed by atoms with Gasteiger partial charge in [0.15, 0.2) is 6.79 Å². The monoisotopic (exact) mass is 484 g/mol. The highest BCUT2D eigenvalue weighted by Gasteiger charge is 2.39. The lowest BCUT2D eigenvalue weighted by molar-refractivity contribution is -0.160. The van der Waals surface area contributed by atoms with E-state index in [9.17, 15) is 4.79 Å². The molecule has 1 aliphatic rings. The van der Waals surface area contributed by atoms with Gasteiger partial charge in [-0.25, -0.2) is 9.97 Å². The van der Waals surface area contributed by atoms with Crippen molar-refractivity contribution in [2.24, 2.45) is 5.41 Å². The molecule has 2 aromatic heterocycles. The van der Waals surface area contributed by atoms with Crippen molar-refractivity contribution in [2.45, 2.75) is 59.3 Å². The molecule has 3 heterocycles. The average molecular weight is 484 g/mol. The summed E-state index contributed by atoms with van der Waals surface area (Å²) in [7, 11) is -0.291. The van der Waals surface area contributed by atoms with Crippen molar-refractivity contribution in [2.75, 3.05) is 33.0 Å². The van der Waals surface area contributed by atoms with Crippen LogP contribution < -0.4 is 5.73 Å². The van der Waals surface area contributed by atoms with Crippen LogP contribution in [0.3, 0.4) is 0 Å². The van der Waals surface area contributed by atoms with Crippen molar-refractivity contribution in [1.82, 2.24) is 14.5 Å². The number of methoxy groups -OCH3 is 1. The lowest BCUT2D eigenvalue weighted by Gasteiger charge is -2.28. The molecule has 2 unspecified atom stereocenters. The Kier molecular flexibility index (Phi) is 8.26. The Labute approximate surface area is 194 Å². The van der Waals surface area contributed by atoms with Crippen LogP contribution in [-0.2, 0) is 38.3 Å². The summed E-state index contributed by atoms with van der Waals surface area (Å²) in [5.74, 6) is 0.0701. The summed E-state index contributed by atoms with van der Waals surface area (Å²) in [6.45, 7) is 9.23. The van der Waals surface area contributed by atoms with Crippen molar-refractivity contribution in [3.8, 4) is 0 Å². The van der Waals surface area contributed by atoms with Crippen LogP contribution >= 0.6 is 8.60 Å². The fourth-order valence-corrected chi connectivity index (χ4v) is 4.36. The van der Waals surface area contributed by atoms with E-state index in [0.29, 0.717) is 5.82 Å². The smallest absolute Gasteiger partial charge is 0.337 e. The van der Waals surface area contributed by atoms with Crippen LogP contribution in [0.15, 0.2) is 12.5 Å². The number of esters is 1. The molecule has 3 atom stereocenters. The quantitative estimate of drug-likeness (QED) is 0.303. The molecule has 2 aromatic rings. The highest BCUT2D eigenvalue weighted by Crippen LogP contribution is 2.43. The maximum Gasteiger partial charge on any atom is 0.337 e. The summed E-state index contributed by atoms with van der Waals surface area (Å²) < 4.78 is 35.2. The van der Waals surface area contributed by atoms with Crippen LogP contribution in [-0.4, -0.2) is 53.9 Å². The van der Waals surface area contributed by atoms with Crippen LogP contribution in [0.1, 0.15) is 46.1 Å². The van der Waals surface area contributed by atoms with E-state index >= 15 is 0 Å². The molecule has 0 aromatic carbocycles. The van der Waals surface area contributed by atoms with Gasteiger partial charge in [-0.1, -0.05) is 0 Å². The van der Waals surface area contributed by atoms with E-state index in [0.717, 1.165) is 29.4 Å². The Balaban J connectivity index is 1.59. The summed E-state index contributed by atoms with van der Waals surface area (Å²) in [4.78, 5) is 20.4. The third-order valence-electron chi connectivity index (χ3n) is 5.26. The van der Waals surface area contributed by atoms with E-state index in [1.807, 2.05) is 24.6 Å². The van der Waals surface area contributed by atoms with Gasteiger partial charge < -0.3 is 29.0 Å². The maximum atomic E-state index is 11.9. The van der Waals surface area contributed by atoms with Crippen molar-refractivity contribution < 1.29 is 32.6 Å². The second kappa shape index (κ2) is 10.6. The minimum Gasteiger partial charge on any atom is -0.438 e. The topological polar surface area (TPSA) is 129 Å². The molecule has 12 heteroatoms. The second-order valence-corrected chi connectivity index (χ2v) is 10.3. The van der Waals surface area contributed by atoms with E-state index in [-0.39, 0.29) is 32.3 Å². The standard InChI is InChI=1S/C21H33N4O7P/c1-14-9-25(18-16(14)17(22)23-11-24-18)21(5)8-7-15(32-21)10-29-33(30-12-27-6)31-13-28-19(26)20(2,3)4/h9,11,15H,7-8,10,12-13H2,1-6H3,(H2,22,23,24)/t15?,21-,33?/m1/s1. The molecule has 0 radical (unpaired) electrons. The SMILES string of the molecule is COCOP(OCOC(=O)C(C)(C)C)OCC1CC[C@](C)(n2cc(C)c3c(N)ncnc32)O1. The summed E-state index contributed by atoms with van der Waals surface area (Å²) in [6.07, 6.45) is 4.78. The van der Waals surface area contributed by atoms with Crippen molar-refractivity contribution >= 4 is 31.4 Å². The van der Waals surface area contributed by atoms with Crippen LogP contribution in [0.4, 0.5) is 5.82 Å². The average Bonchev–Trinajstić information content (AvgIpc) is 3.30. The number of ether oxygens (including phenoxy) is 3. The minimum atomic E-state index is -1.79. The molecule has 11 nitrogen and oxygen atoms in total. The predicted molar refractivity (Wildman–Crippen MR) is 122 cm³/mol. The summed E-state index contributed by atoms with van der Waals surface area (Å²) in [5.41, 5.74) is 6.54. The maximum absolute atomic E-state index is 11.9. The Morgan fingerprint density at radius 2 is 2.03 bits per heavy atom. The fourth-order valence-electron chi connectivity index (χ4n) is 3.52.